The summed E-state index contributed by atoms with van der Waals surface area (Å²) in [5.41, 5.74) is 3.35. The molecule has 1 saturated heterocycles. The minimum absolute atomic E-state index is 0.0464. The topological polar surface area (TPSA) is 88.5 Å². The second-order valence-electron chi connectivity index (χ2n) is 11.0. The Kier molecular flexibility index (Phi) is 10.8. The maximum Gasteiger partial charge on any atom is 0.295 e. The fraction of sp³-hybridized carbons (Fsp3) is 0.371. The van der Waals surface area contributed by atoms with Gasteiger partial charge in [0, 0.05) is 12.1 Å². The van der Waals surface area contributed by atoms with E-state index in [0.717, 1.165) is 30.5 Å². The van der Waals surface area contributed by atoms with Crippen LogP contribution in [0.5, 0.6) is 17.2 Å². The molecule has 1 unspecified atom stereocenters. The smallest absolute Gasteiger partial charge is 0.295 e. The van der Waals surface area contributed by atoms with Crippen molar-refractivity contribution < 1.29 is 28.9 Å². The van der Waals surface area contributed by atoms with E-state index >= 15 is 0 Å². The Labute approximate surface area is 254 Å². The third-order valence-corrected chi connectivity index (χ3v) is 7.59. The van der Waals surface area contributed by atoms with E-state index in [1.165, 1.54) is 0 Å². The number of nitrogens with zero attached hydrogens (tertiary/aromatic N) is 2. The van der Waals surface area contributed by atoms with Gasteiger partial charge in [0.2, 0.25) is 0 Å². The molecule has 1 N–H and O–H groups in total. The van der Waals surface area contributed by atoms with Crippen LogP contribution in [0.1, 0.15) is 54.5 Å². The number of carbonyl (C=O) groups excluding carboxylic acids is 2. The van der Waals surface area contributed by atoms with Crippen LogP contribution in [0.2, 0.25) is 0 Å². The Bertz CT molecular complexity index is 1450. The number of aryl methyl sites for hydroxylation is 1. The zero-order chi connectivity index (χ0) is 30.9. The molecular formula is C35H42N2O6. The number of hydrogen-bond donors (Lipinski definition) is 1. The standard InChI is InChI=1S/C35H42N2O6/c1-6-7-21-42-29-18-15-26(22-30(29)41-5)32-31(34(39)35(40)37(32)20-10-19-36(3)4)33(38)25-13-16-28(17-14-25)43-23-27-12-9-8-11-24(27)2/h8-9,11-18,22,32,38H,6-7,10,19-21,23H2,1-5H3/b33-31+. The Hall–Kier alpha value is -4.30. The number of carbonyl (C=O) groups is 2. The van der Waals surface area contributed by atoms with Gasteiger partial charge in [-0.2, -0.15) is 0 Å². The number of aliphatic hydroxyl groups excluding tert-OH is 1. The van der Waals surface area contributed by atoms with Crippen LogP contribution in [-0.4, -0.2) is 67.5 Å². The van der Waals surface area contributed by atoms with Crippen LogP contribution in [0.15, 0.2) is 72.3 Å². The summed E-state index contributed by atoms with van der Waals surface area (Å²) in [7, 11) is 5.48. The first-order valence-electron chi connectivity index (χ1n) is 14.8. The summed E-state index contributed by atoms with van der Waals surface area (Å²) in [6.07, 6.45) is 2.58. The largest absolute Gasteiger partial charge is 0.507 e. The van der Waals surface area contributed by atoms with E-state index in [1.54, 1.807) is 48.4 Å². The van der Waals surface area contributed by atoms with Crippen molar-refractivity contribution in [2.24, 2.45) is 0 Å². The van der Waals surface area contributed by atoms with E-state index in [4.69, 9.17) is 14.2 Å². The van der Waals surface area contributed by atoms with Crippen molar-refractivity contribution in [2.45, 2.75) is 45.8 Å². The number of rotatable bonds is 14. The van der Waals surface area contributed by atoms with E-state index in [2.05, 4.69) is 6.92 Å². The highest BCUT2D eigenvalue weighted by molar-refractivity contribution is 6.46. The van der Waals surface area contributed by atoms with Crippen molar-refractivity contribution in [1.29, 1.82) is 0 Å². The normalized spacial score (nSPS) is 16.1. The van der Waals surface area contributed by atoms with Gasteiger partial charge in [0.25, 0.3) is 11.7 Å². The van der Waals surface area contributed by atoms with Gasteiger partial charge in [-0.25, -0.2) is 0 Å². The molecule has 3 aromatic carbocycles. The Balaban J connectivity index is 1.67. The number of hydrogen-bond acceptors (Lipinski definition) is 7. The molecule has 1 aliphatic rings. The number of ether oxygens (including phenoxy) is 3. The Morgan fingerprint density at radius 2 is 1.70 bits per heavy atom. The zero-order valence-electron chi connectivity index (χ0n) is 25.8. The van der Waals surface area contributed by atoms with Crippen LogP contribution < -0.4 is 14.2 Å². The molecule has 0 saturated carbocycles. The lowest BCUT2D eigenvalue weighted by atomic mass is 9.95. The maximum absolute atomic E-state index is 13.5. The van der Waals surface area contributed by atoms with E-state index in [-0.39, 0.29) is 11.3 Å². The first kappa shape index (κ1) is 31.6. The van der Waals surface area contributed by atoms with Gasteiger partial charge < -0.3 is 29.1 Å². The Morgan fingerprint density at radius 1 is 0.953 bits per heavy atom. The Morgan fingerprint density at radius 3 is 2.37 bits per heavy atom. The molecule has 0 bridgehead atoms. The zero-order valence-corrected chi connectivity index (χ0v) is 25.8. The minimum atomic E-state index is -0.780. The summed E-state index contributed by atoms with van der Waals surface area (Å²) in [6, 6.07) is 19.5. The third kappa shape index (κ3) is 7.56. The lowest BCUT2D eigenvalue weighted by Gasteiger charge is -2.26. The first-order valence-corrected chi connectivity index (χ1v) is 14.8. The number of ketones is 1. The predicted molar refractivity (Wildman–Crippen MR) is 168 cm³/mol. The number of aliphatic hydroxyl groups is 1. The predicted octanol–water partition coefficient (Wildman–Crippen LogP) is 6.13. The summed E-state index contributed by atoms with van der Waals surface area (Å²) in [5, 5.41) is 11.5. The molecule has 43 heavy (non-hydrogen) atoms. The van der Waals surface area contributed by atoms with Gasteiger partial charge in [-0.15, -0.1) is 0 Å². The van der Waals surface area contributed by atoms with E-state index in [1.807, 2.05) is 56.3 Å². The second kappa shape index (κ2) is 14.7. The molecular weight excluding hydrogens is 544 g/mol. The molecule has 0 spiro atoms. The maximum atomic E-state index is 13.5. The van der Waals surface area contributed by atoms with Gasteiger partial charge in [0.05, 0.1) is 25.3 Å². The van der Waals surface area contributed by atoms with Crippen LogP contribution in [-0.2, 0) is 16.2 Å². The summed E-state index contributed by atoms with van der Waals surface area (Å²) in [4.78, 5) is 30.4. The summed E-state index contributed by atoms with van der Waals surface area (Å²) >= 11 is 0. The van der Waals surface area contributed by atoms with E-state index in [0.29, 0.717) is 54.6 Å². The van der Waals surface area contributed by atoms with Crippen LogP contribution in [0.3, 0.4) is 0 Å². The highest BCUT2D eigenvalue weighted by Gasteiger charge is 2.46. The van der Waals surface area contributed by atoms with Crippen LogP contribution in [0.4, 0.5) is 0 Å². The van der Waals surface area contributed by atoms with Crippen molar-refractivity contribution in [3.8, 4) is 17.2 Å². The molecule has 1 aliphatic heterocycles. The number of amides is 1. The number of unbranched alkanes of at least 4 members (excludes halogenated alkanes) is 1. The molecule has 0 aromatic heterocycles. The van der Waals surface area contributed by atoms with Gasteiger partial charge in [0.15, 0.2) is 11.5 Å². The monoisotopic (exact) mass is 586 g/mol. The molecule has 3 aromatic rings. The summed E-state index contributed by atoms with van der Waals surface area (Å²) in [6.45, 7) is 6.19. The molecule has 4 rings (SSSR count). The van der Waals surface area contributed by atoms with Gasteiger partial charge >= 0.3 is 0 Å². The minimum Gasteiger partial charge on any atom is -0.507 e. The molecule has 1 fully saturated rings. The highest BCUT2D eigenvalue weighted by atomic mass is 16.5. The molecule has 1 heterocycles. The molecule has 0 radical (unpaired) electrons. The second-order valence-corrected chi connectivity index (χ2v) is 11.0. The lowest BCUT2D eigenvalue weighted by molar-refractivity contribution is -0.139. The molecule has 1 atom stereocenters. The van der Waals surface area contributed by atoms with Crippen molar-refractivity contribution >= 4 is 17.4 Å². The summed E-state index contributed by atoms with van der Waals surface area (Å²) < 4.78 is 17.5. The number of benzene rings is 3. The van der Waals surface area contributed by atoms with Crippen molar-refractivity contribution in [1.82, 2.24) is 9.80 Å². The molecule has 8 nitrogen and oxygen atoms in total. The van der Waals surface area contributed by atoms with Crippen LogP contribution in [0.25, 0.3) is 5.76 Å². The van der Waals surface area contributed by atoms with Crippen molar-refractivity contribution in [2.75, 3.05) is 40.9 Å². The van der Waals surface area contributed by atoms with Gasteiger partial charge in [-0.3, -0.25) is 9.59 Å². The van der Waals surface area contributed by atoms with Gasteiger partial charge in [-0.1, -0.05) is 43.7 Å². The highest BCUT2D eigenvalue weighted by Crippen LogP contribution is 2.42. The number of methoxy groups -OCH3 is 1. The molecule has 8 heteroatoms. The average Bonchev–Trinajstić information content (AvgIpc) is 3.25. The fourth-order valence-corrected chi connectivity index (χ4v) is 5.11. The average molecular weight is 587 g/mol. The fourth-order valence-electron chi connectivity index (χ4n) is 5.11. The van der Waals surface area contributed by atoms with Crippen LogP contribution in [0, 0.1) is 6.92 Å². The van der Waals surface area contributed by atoms with Gasteiger partial charge in [-0.05, 0) is 93.5 Å². The molecule has 228 valence electrons. The van der Waals surface area contributed by atoms with Crippen LogP contribution >= 0.6 is 0 Å². The van der Waals surface area contributed by atoms with Crippen molar-refractivity contribution in [3.05, 3.63) is 94.6 Å². The van der Waals surface area contributed by atoms with E-state index in [9.17, 15) is 14.7 Å². The lowest BCUT2D eigenvalue weighted by Crippen LogP contribution is -2.32. The molecule has 0 aliphatic carbocycles. The quantitative estimate of drug-likeness (QED) is 0.105. The SMILES string of the molecule is CCCCOc1ccc(C2/C(=C(\O)c3ccc(OCc4ccccc4C)cc3)C(=O)C(=O)N2CCCN(C)C)cc1OC. The van der Waals surface area contributed by atoms with E-state index < -0.39 is 17.7 Å². The van der Waals surface area contributed by atoms with Crippen molar-refractivity contribution in [3.63, 3.8) is 0 Å². The number of Topliss-reactive ketones (excluding diaryl/α,β-unsaturated/α-hetero) is 1. The van der Waals surface area contributed by atoms with Gasteiger partial charge in [0.1, 0.15) is 18.1 Å². The number of likely N-dealkylation sites (tertiary alicyclic amines) is 1. The molecule has 1 amide bonds. The first-order chi connectivity index (χ1) is 20.7. The third-order valence-electron chi connectivity index (χ3n) is 7.59. The summed E-state index contributed by atoms with van der Waals surface area (Å²) in [5.74, 6) is 0.142.